The molecule has 7 heteroatoms. The van der Waals surface area contributed by atoms with Crippen molar-refractivity contribution in [3.05, 3.63) is 42.1 Å². The zero-order chi connectivity index (χ0) is 13.2. The molecule has 2 aromatic heterocycles. The minimum Gasteiger partial charge on any atom is -0.333 e. The first kappa shape index (κ1) is 13.0. The summed E-state index contributed by atoms with van der Waals surface area (Å²) in [5, 5.41) is -0.101. The lowest BCUT2D eigenvalue weighted by Gasteiger charge is -2.04. The maximum absolute atomic E-state index is 11.2. The molecule has 0 aliphatic carbocycles. The Bertz CT molecular complexity index is 638. The van der Waals surface area contributed by atoms with Crippen LogP contribution >= 0.6 is 10.7 Å². The highest BCUT2D eigenvalue weighted by molar-refractivity contribution is 8.13. The van der Waals surface area contributed by atoms with Crippen LogP contribution in [0, 0.1) is 6.92 Å². The molecular weight excluding hydrogens is 274 g/mol. The van der Waals surface area contributed by atoms with Crippen molar-refractivity contribution < 1.29 is 8.42 Å². The normalized spacial score (nSPS) is 11.7. The van der Waals surface area contributed by atoms with Crippen LogP contribution in [0.1, 0.15) is 11.4 Å². The van der Waals surface area contributed by atoms with E-state index in [2.05, 4.69) is 9.97 Å². The number of pyridine rings is 1. The lowest BCUT2D eigenvalue weighted by molar-refractivity contribution is 0.606. The second-order valence-electron chi connectivity index (χ2n) is 3.86. The maximum Gasteiger partial charge on any atom is 0.280 e. The average Bonchev–Trinajstić information content (AvgIpc) is 2.69. The van der Waals surface area contributed by atoms with E-state index in [4.69, 9.17) is 10.7 Å². The summed E-state index contributed by atoms with van der Waals surface area (Å²) in [6, 6.07) is 3.84. The minimum atomic E-state index is -3.76. The van der Waals surface area contributed by atoms with Gasteiger partial charge in [0.05, 0.1) is 0 Å². The molecule has 0 saturated carbocycles. The molecule has 0 aromatic carbocycles. The van der Waals surface area contributed by atoms with Crippen LogP contribution in [-0.4, -0.2) is 23.0 Å². The number of nitrogens with zero attached hydrogens (tertiary/aromatic N) is 3. The van der Waals surface area contributed by atoms with Crippen molar-refractivity contribution in [2.75, 3.05) is 0 Å². The predicted octanol–water partition coefficient (Wildman–Crippen LogP) is 1.76. The lowest BCUT2D eigenvalue weighted by atomic mass is 10.2. The fraction of sp³-hybridized carbons (Fsp3) is 0.273. The number of aromatic nitrogens is 3. The van der Waals surface area contributed by atoms with E-state index in [0.717, 1.165) is 12.0 Å². The molecule has 2 heterocycles. The van der Waals surface area contributed by atoms with Crippen molar-refractivity contribution in [1.29, 1.82) is 0 Å². The van der Waals surface area contributed by atoms with Crippen LogP contribution in [0.3, 0.4) is 0 Å². The van der Waals surface area contributed by atoms with Gasteiger partial charge < -0.3 is 4.57 Å². The average molecular weight is 286 g/mol. The molecule has 0 bridgehead atoms. The van der Waals surface area contributed by atoms with E-state index in [1.807, 2.05) is 12.1 Å². The molecule has 2 aromatic rings. The van der Waals surface area contributed by atoms with Crippen LogP contribution in [0.5, 0.6) is 0 Å². The van der Waals surface area contributed by atoms with E-state index < -0.39 is 9.05 Å². The van der Waals surface area contributed by atoms with Gasteiger partial charge in [-0.05, 0) is 31.0 Å². The summed E-state index contributed by atoms with van der Waals surface area (Å²) in [6.07, 6.45) is 5.69. The van der Waals surface area contributed by atoms with Crippen molar-refractivity contribution in [3.63, 3.8) is 0 Å². The van der Waals surface area contributed by atoms with Crippen LogP contribution in [0.2, 0.25) is 0 Å². The number of aryl methyl sites for hydroxylation is 3. The Balaban J connectivity index is 2.13. The summed E-state index contributed by atoms with van der Waals surface area (Å²) in [4.78, 5) is 7.86. The Hall–Kier alpha value is -1.40. The van der Waals surface area contributed by atoms with Crippen molar-refractivity contribution in [3.8, 4) is 0 Å². The Kier molecular flexibility index (Phi) is 3.68. The molecule has 0 saturated heterocycles. The summed E-state index contributed by atoms with van der Waals surface area (Å²) < 4.78 is 24.1. The van der Waals surface area contributed by atoms with Crippen molar-refractivity contribution >= 4 is 19.7 Å². The van der Waals surface area contributed by atoms with E-state index in [9.17, 15) is 8.42 Å². The first-order valence-corrected chi connectivity index (χ1v) is 7.65. The summed E-state index contributed by atoms with van der Waals surface area (Å²) >= 11 is 0. The monoisotopic (exact) mass is 285 g/mol. The van der Waals surface area contributed by atoms with Gasteiger partial charge in [-0.15, -0.1) is 0 Å². The summed E-state index contributed by atoms with van der Waals surface area (Å²) in [7, 11) is 1.49. The van der Waals surface area contributed by atoms with Crippen molar-refractivity contribution in [1.82, 2.24) is 14.5 Å². The quantitative estimate of drug-likeness (QED) is 0.803. The first-order chi connectivity index (χ1) is 8.47. The highest BCUT2D eigenvalue weighted by Crippen LogP contribution is 2.14. The van der Waals surface area contributed by atoms with Gasteiger partial charge in [0.1, 0.15) is 5.82 Å². The first-order valence-electron chi connectivity index (χ1n) is 5.34. The molecule has 0 aliphatic rings. The van der Waals surface area contributed by atoms with Gasteiger partial charge in [0.2, 0.25) is 0 Å². The number of halogens is 1. The van der Waals surface area contributed by atoms with Gasteiger partial charge in [-0.1, -0.05) is 0 Å². The number of hydrogen-bond donors (Lipinski definition) is 0. The molecule has 0 fully saturated rings. The van der Waals surface area contributed by atoms with E-state index in [1.165, 1.54) is 6.20 Å². The molecule has 0 spiro atoms. The SMILES string of the molecule is Cc1nc(S(=O)(=O)Cl)cn1CCc1ccncc1. The molecular formula is C11H12ClN3O2S. The van der Waals surface area contributed by atoms with Gasteiger partial charge in [-0.3, -0.25) is 4.98 Å². The Morgan fingerprint density at radius 3 is 2.56 bits per heavy atom. The van der Waals surface area contributed by atoms with Crippen LogP contribution < -0.4 is 0 Å². The van der Waals surface area contributed by atoms with E-state index in [-0.39, 0.29) is 5.03 Å². The summed E-state index contributed by atoms with van der Waals surface area (Å²) in [5.74, 6) is 0.628. The van der Waals surface area contributed by atoms with Gasteiger partial charge >= 0.3 is 0 Å². The van der Waals surface area contributed by atoms with Gasteiger partial charge in [0, 0.05) is 35.8 Å². The van der Waals surface area contributed by atoms with E-state index in [0.29, 0.717) is 12.4 Å². The second kappa shape index (κ2) is 5.07. The maximum atomic E-state index is 11.2. The molecule has 2 rings (SSSR count). The molecule has 0 amide bonds. The van der Waals surface area contributed by atoms with Crippen molar-refractivity contribution in [2.24, 2.45) is 0 Å². The van der Waals surface area contributed by atoms with Crippen LogP contribution in [0.15, 0.2) is 35.7 Å². The third-order valence-electron chi connectivity index (χ3n) is 2.59. The Morgan fingerprint density at radius 1 is 1.33 bits per heavy atom. The molecule has 0 atom stereocenters. The largest absolute Gasteiger partial charge is 0.333 e. The molecule has 5 nitrogen and oxygen atoms in total. The predicted molar refractivity (Wildman–Crippen MR) is 67.9 cm³/mol. The lowest BCUT2D eigenvalue weighted by Crippen LogP contribution is -2.02. The molecule has 0 aliphatic heterocycles. The summed E-state index contributed by atoms with van der Waals surface area (Å²) in [5.41, 5.74) is 1.13. The zero-order valence-electron chi connectivity index (χ0n) is 9.75. The third kappa shape index (κ3) is 3.08. The van der Waals surface area contributed by atoms with Crippen LogP contribution in [0.4, 0.5) is 0 Å². The number of hydrogen-bond acceptors (Lipinski definition) is 4. The standard InChI is InChI=1S/C11H12ClN3O2S/c1-9-14-11(18(12,16)17)8-15(9)7-4-10-2-5-13-6-3-10/h2-3,5-6,8H,4,7H2,1H3. The minimum absolute atomic E-state index is 0.101. The fourth-order valence-electron chi connectivity index (χ4n) is 1.62. The van der Waals surface area contributed by atoms with E-state index >= 15 is 0 Å². The number of rotatable bonds is 4. The van der Waals surface area contributed by atoms with Gasteiger partial charge in [-0.2, -0.15) is 0 Å². The molecule has 0 unspecified atom stereocenters. The number of imidazole rings is 1. The fourth-order valence-corrected chi connectivity index (χ4v) is 2.34. The van der Waals surface area contributed by atoms with Gasteiger partial charge in [0.15, 0.2) is 5.03 Å². The second-order valence-corrected chi connectivity index (χ2v) is 6.38. The molecule has 96 valence electrons. The molecule has 0 N–H and O–H groups in total. The molecule has 18 heavy (non-hydrogen) atoms. The highest BCUT2D eigenvalue weighted by atomic mass is 35.7. The zero-order valence-corrected chi connectivity index (χ0v) is 11.3. The summed E-state index contributed by atoms with van der Waals surface area (Å²) in [6.45, 7) is 2.40. The van der Waals surface area contributed by atoms with Crippen LogP contribution in [-0.2, 0) is 22.0 Å². The van der Waals surface area contributed by atoms with Crippen molar-refractivity contribution in [2.45, 2.75) is 24.9 Å². The van der Waals surface area contributed by atoms with E-state index in [1.54, 1.807) is 23.9 Å². The topological polar surface area (TPSA) is 64.8 Å². The Morgan fingerprint density at radius 2 is 2.00 bits per heavy atom. The highest BCUT2D eigenvalue weighted by Gasteiger charge is 2.15. The van der Waals surface area contributed by atoms with Gasteiger partial charge in [0.25, 0.3) is 9.05 Å². The Labute approximate surface area is 110 Å². The van der Waals surface area contributed by atoms with Gasteiger partial charge in [-0.25, -0.2) is 13.4 Å². The van der Waals surface area contributed by atoms with Crippen LogP contribution in [0.25, 0.3) is 0 Å². The molecule has 0 radical (unpaired) electrons. The third-order valence-corrected chi connectivity index (χ3v) is 3.77. The smallest absolute Gasteiger partial charge is 0.280 e.